The number of hydrogen-bond donors (Lipinski definition) is 1. The fourth-order valence-electron chi connectivity index (χ4n) is 2.20. The summed E-state index contributed by atoms with van der Waals surface area (Å²) in [6.45, 7) is 2.17. The summed E-state index contributed by atoms with van der Waals surface area (Å²) < 4.78 is 0. The van der Waals surface area contributed by atoms with Gasteiger partial charge in [-0.15, -0.1) is 0 Å². The monoisotopic (exact) mass is 193 g/mol. The molecule has 1 aromatic rings. The lowest BCUT2D eigenvalue weighted by atomic mass is 9.89. The van der Waals surface area contributed by atoms with Gasteiger partial charge in [-0.1, -0.05) is 26.2 Å². The SMILES string of the molecule is CCCc1nc(C2CCCCC2)n[nH]1. The molecule has 0 amide bonds. The van der Waals surface area contributed by atoms with E-state index in [1.165, 1.54) is 32.1 Å². The zero-order valence-electron chi connectivity index (χ0n) is 8.92. The van der Waals surface area contributed by atoms with Gasteiger partial charge in [0.15, 0.2) is 5.82 Å². The topological polar surface area (TPSA) is 41.6 Å². The van der Waals surface area contributed by atoms with Crippen molar-refractivity contribution in [1.82, 2.24) is 15.2 Å². The molecule has 0 aliphatic heterocycles. The first-order valence-electron chi connectivity index (χ1n) is 5.81. The minimum atomic E-state index is 0.630. The van der Waals surface area contributed by atoms with Gasteiger partial charge in [-0.3, -0.25) is 5.10 Å². The highest BCUT2D eigenvalue weighted by Gasteiger charge is 2.19. The number of nitrogens with one attached hydrogen (secondary N) is 1. The highest BCUT2D eigenvalue weighted by atomic mass is 15.2. The Kier molecular flexibility index (Phi) is 3.17. The van der Waals surface area contributed by atoms with Gasteiger partial charge >= 0.3 is 0 Å². The van der Waals surface area contributed by atoms with Crippen molar-refractivity contribution in [2.75, 3.05) is 0 Å². The molecule has 1 aromatic heterocycles. The third kappa shape index (κ3) is 2.14. The van der Waals surface area contributed by atoms with Crippen molar-refractivity contribution in [2.24, 2.45) is 0 Å². The van der Waals surface area contributed by atoms with Crippen LogP contribution in [0.25, 0.3) is 0 Å². The van der Waals surface area contributed by atoms with E-state index in [0.717, 1.165) is 24.5 Å². The lowest BCUT2D eigenvalue weighted by Crippen LogP contribution is -2.06. The van der Waals surface area contributed by atoms with Gasteiger partial charge in [0, 0.05) is 12.3 Å². The maximum atomic E-state index is 4.56. The van der Waals surface area contributed by atoms with E-state index >= 15 is 0 Å². The number of H-pyrrole nitrogens is 1. The Morgan fingerprint density at radius 3 is 2.79 bits per heavy atom. The van der Waals surface area contributed by atoms with E-state index in [2.05, 4.69) is 22.1 Å². The van der Waals surface area contributed by atoms with E-state index in [-0.39, 0.29) is 0 Å². The Labute approximate surface area is 85.3 Å². The Hall–Kier alpha value is -0.860. The summed E-state index contributed by atoms with van der Waals surface area (Å²) in [6.07, 6.45) is 8.82. The molecule has 78 valence electrons. The fraction of sp³-hybridized carbons (Fsp3) is 0.818. The van der Waals surface area contributed by atoms with E-state index in [0.29, 0.717) is 5.92 Å². The van der Waals surface area contributed by atoms with Crippen molar-refractivity contribution in [3.8, 4) is 0 Å². The maximum Gasteiger partial charge on any atom is 0.153 e. The number of nitrogens with zero attached hydrogens (tertiary/aromatic N) is 2. The molecule has 0 bridgehead atoms. The Morgan fingerprint density at radius 1 is 1.29 bits per heavy atom. The Balaban J connectivity index is 2.00. The molecule has 2 rings (SSSR count). The molecule has 0 radical (unpaired) electrons. The lowest BCUT2D eigenvalue weighted by Gasteiger charge is -2.17. The zero-order valence-corrected chi connectivity index (χ0v) is 8.92. The van der Waals surface area contributed by atoms with Gasteiger partial charge in [-0.2, -0.15) is 5.10 Å². The molecule has 0 atom stereocenters. The van der Waals surface area contributed by atoms with Gasteiger partial charge in [0.1, 0.15) is 5.82 Å². The first-order chi connectivity index (χ1) is 6.90. The molecule has 1 heterocycles. The number of aromatic amines is 1. The second kappa shape index (κ2) is 4.58. The summed E-state index contributed by atoms with van der Waals surface area (Å²) in [5.74, 6) is 2.76. The third-order valence-corrected chi connectivity index (χ3v) is 3.01. The minimum Gasteiger partial charge on any atom is -0.263 e. The highest BCUT2D eigenvalue weighted by molar-refractivity contribution is 4.99. The quantitative estimate of drug-likeness (QED) is 0.802. The second-order valence-electron chi connectivity index (χ2n) is 4.23. The number of hydrogen-bond acceptors (Lipinski definition) is 2. The second-order valence-corrected chi connectivity index (χ2v) is 4.23. The van der Waals surface area contributed by atoms with Crippen LogP contribution >= 0.6 is 0 Å². The third-order valence-electron chi connectivity index (χ3n) is 3.01. The van der Waals surface area contributed by atoms with Crippen LogP contribution in [0.1, 0.15) is 63.0 Å². The van der Waals surface area contributed by atoms with Crippen molar-refractivity contribution in [3.05, 3.63) is 11.6 Å². The van der Waals surface area contributed by atoms with Gasteiger partial charge in [0.05, 0.1) is 0 Å². The summed E-state index contributed by atoms with van der Waals surface area (Å²) in [5.41, 5.74) is 0. The van der Waals surface area contributed by atoms with Crippen LogP contribution in [0.5, 0.6) is 0 Å². The van der Waals surface area contributed by atoms with E-state index in [1.54, 1.807) is 0 Å². The van der Waals surface area contributed by atoms with Crippen LogP contribution in [0.2, 0.25) is 0 Å². The molecule has 0 saturated heterocycles. The number of aryl methyl sites for hydroxylation is 1. The molecule has 14 heavy (non-hydrogen) atoms. The largest absolute Gasteiger partial charge is 0.263 e. The fourth-order valence-corrected chi connectivity index (χ4v) is 2.20. The van der Waals surface area contributed by atoms with Crippen molar-refractivity contribution in [2.45, 2.75) is 57.8 Å². The molecule has 1 aliphatic rings. The van der Waals surface area contributed by atoms with Crippen molar-refractivity contribution < 1.29 is 0 Å². The molecular formula is C11H19N3. The lowest BCUT2D eigenvalue weighted by molar-refractivity contribution is 0.429. The molecule has 3 heteroatoms. The molecular weight excluding hydrogens is 174 g/mol. The minimum absolute atomic E-state index is 0.630. The standard InChI is InChI=1S/C11H19N3/c1-2-6-10-12-11(14-13-10)9-7-4-3-5-8-9/h9H,2-8H2,1H3,(H,12,13,14). The average molecular weight is 193 g/mol. The van der Waals surface area contributed by atoms with Gasteiger partial charge in [0.2, 0.25) is 0 Å². The van der Waals surface area contributed by atoms with Crippen LogP contribution in [-0.2, 0) is 6.42 Å². The van der Waals surface area contributed by atoms with Crippen LogP contribution in [0, 0.1) is 0 Å². The summed E-state index contributed by atoms with van der Waals surface area (Å²) in [6, 6.07) is 0. The first kappa shape index (κ1) is 9.69. The molecule has 1 N–H and O–H groups in total. The zero-order chi connectivity index (χ0) is 9.80. The van der Waals surface area contributed by atoms with E-state index < -0.39 is 0 Å². The van der Waals surface area contributed by atoms with E-state index in [4.69, 9.17) is 0 Å². The van der Waals surface area contributed by atoms with Crippen LogP contribution < -0.4 is 0 Å². The molecule has 1 aliphatic carbocycles. The molecule has 1 fully saturated rings. The first-order valence-corrected chi connectivity index (χ1v) is 5.81. The van der Waals surface area contributed by atoms with Gasteiger partial charge < -0.3 is 0 Å². The van der Waals surface area contributed by atoms with Gasteiger partial charge in [0.25, 0.3) is 0 Å². The van der Waals surface area contributed by atoms with Crippen molar-refractivity contribution >= 4 is 0 Å². The van der Waals surface area contributed by atoms with Crippen LogP contribution in [0.3, 0.4) is 0 Å². The van der Waals surface area contributed by atoms with Crippen molar-refractivity contribution in [3.63, 3.8) is 0 Å². The van der Waals surface area contributed by atoms with E-state index in [1.807, 2.05) is 0 Å². The predicted molar refractivity (Wildman–Crippen MR) is 56.2 cm³/mol. The highest BCUT2D eigenvalue weighted by Crippen LogP contribution is 2.30. The van der Waals surface area contributed by atoms with Crippen LogP contribution in [-0.4, -0.2) is 15.2 Å². The normalized spacial score (nSPS) is 18.6. The Morgan fingerprint density at radius 2 is 2.07 bits per heavy atom. The predicted octanol–water partition coefficient (Wildman–Crippen LogP) is 2.80. The summed E-state index contributed by atoms with van der Waals surface area (Å²) in [7, 11) is 0. The van der Waals surface area contributed by atoms with Crippen LogP contribution in [0.15, 0.2) is 0 Å². The summed E-state index contributed by atoms with van der Waals surface area (Å²) in [4.78, 5) is 4.56. The molecule has 0 aromatic carbocycles. The van der Waals surface area contributed by atoms with Gasteiger partial charge in [-0.05, 0) is 19.3 Å². The molecule has 3 nitrogen and oxygen atoms in total. The van der Waals surface area contributed by atoms with Crippen molar-refractivity contribution in [1.29, 1.82) is 0 Å². The summed E-state index contributed by atoms with van der Waals surface area (Å²) >= 11 is 0. The Bertz CT molecular complexity index is 274. The molecule has 0 spiro atoms. The maximum absolute atomic E-state index is 4.56. The molecule has 1 saturated carbocycles. The summed E-state index contributed by atoms with van der Waals surface area (Å²) in [5, 5.41) is 7.37. The smallest absolute Gasteiger partial charge is 0.153 e. The van der Waals surface area contributed by atoms with E-state index in [9.17, 15) is 0 Å². The van der Waals surface area contributed by atoms with Gasteiger partial charge in [-0.25, -0.2) is 4.98 Å². The average Bonchev–Trinajstić information content (AvgIpc) is 2.68. The number of aromatic nitrogens is 3. The molecule has 0 unspecified atom stereocenters. The van der Waals surface area contributed by atoms with Crippen LogP contribution in [0.4, 0.5) is 0 Å². The number of rotatable bonds is 3.